The summed E-state index contributed by atoms with van der Waals surface area (Å²) in [4.78, 5) is 51.7. The highest BCUT2D eigenvalue weighted by Crippen LogP contribution is 1.91. The summed E-state index contributed by atoms with van der Waals surface area (Å²) in [5.74, 6) is -0.981. The third kappa shape index (κ3) is 2.86. The lowest BCUT2D eigenvalue weighted by Gasteiger charge is -1.87. The predicted octanol–water partition coefficient (Wildman–Crippen LogP) is -1.35. The Bertz CT molecular complexity index is 843. The molecule has 98 valence electrons. The summed E-state index contributed by atoms with van der Waals surface area (Å²) in [6.07, 6.45) is 0.833. The topological polar surface area (TPSA) is 145 Å². The van der Waals surface area contributed by atoms with E-state index < -0.39 is 22.9 Å². The number of carbonyl (C=O) groups is 1. The average molecular weight is 265 g/mol. The molecule has 2 aromatic rings. The molecule has 0 spiro atoms. The quantitative estimate of drug-likeness (QED) is 0.372. The van der Waals surface area contributed by atoms with Gasteiger partial charge in [-0.2, -0.15) is 6.57 Å². The van der Waals surface area contributed by atoms with Gasteiger partial charge in [-0.1, -0.05) is 6.58 Å². The highest BCUT2D eigenvalue weighted by molar-refractivity contribution is 5.78. The normalized spacial score (nSPS) is 9.21. The van der Waals surface area contributed by atoms with Crippen molar-refractivity contribution in [2.24, 2.45) is 0 Å². The Labute approximate surface area is 103 Å². The van der Waals surface area contributed by atoms with Gasteiger partial charge in [0, 0.05) is 6.08 Å². The zero-order valence-corrected chi connectivity index (χ0v) is 9.26. The van der Waals surface area contributed by atoms with Gasteiger partial charge in [0.2, 0.25) is 0 Å². The molecular weight excluding hydrogens is 258 g/mol. The van der Waals surface area contributed by atoms with Crippen LogP contribution >= 0.6 is 0 Å². The fraction of sp³-hybridized carbons (Fsp3) is 0. The molecule has 0 amide bonds. The van der Waals surface area contributed by atoms with Gasteiger partial charge in [0.05, 0.1) is 4.68 Å². The number of hydrogen-bond donors (Lipinski definition) is 4. The zero-order valence-electron chi connectivity index (χ0n) is 9.26. The van der Waals surface area contributed by atoms with Gasteiger partial charge in [-0.15, -0.1) is 4.95 Å². The molecule has 2 aromatic heterocycles. The van der Waals surface area contributed by atoms with Crippen LogP contribution in [0.3, 0.4) is 0 Å². The molecule has 0 saturated heterocycles. The lowest BCUT2D eigenvalue weighted by Crippen LogP contribution is -2.30. The first-order valence-corrected chi connectivity index (χ1v) is 4.61. The van der Waals surface area contributed by atoms with E-state index in [4.69, 9.17) is 11.7 Å². The number of nitrogens with one attached hydrogen (secondary N) is 3. The van der Waals surface area contributed by atoms with Crippen molar-refractivity contribution in [3.63, 3.8) is 0 Å². The molecule has 0 unspecified atom stereocenters. The van der Waals surface area contributed by atoms with Crippen molar-refractivity contribution < 1.29 is 9.90 Å². The third-order valence-electron chi connectivity index (χ3n) is 1.83. The van der Waals surface area contributed by atoms with Crippen molar-refractivity contribution in [3.8, 4) is 0 Å². The van der Waals surface area contributed by atoms with E-state index in [1.54, 1.807) is 0 Å². The fourth-order valence-electron chi connectivity index (χ4n) is 1.09. The summed E-state index contributed by atoms with van der Waals surface area (Å²) in [5.41, 5.74) is -2.48. The maximum atomic E-state index is 11.3. The lowest BCUT2D eigenvalue weighted by atomic mass is 10.5. The van der Waals surface area contributed by atoms with E-state index >= 15 is 0 Å². The predicted molar refractivity (Wildman–Crippen MR) is 63.6 cm³/mol. The number of aromatic nitrogens is 4. The van der Waals surface area contributed by atoms with Crippen molar-refractivity contribution >= 4 is 17.1 Å². The van der Waals surface area contributed by atoms with Crippen LogP contribution in [0.15, 0.2) is 27.0 Å². The fourth-order valence-corrected chi connectivity index (χ4v) is 1.09. The number of carboxylic acid groups (broad SMARTS) is 1. The molecule has 10 nitrogen and oxygen atoms in total. The summed E-state index contributed by atoms with van der Waals surface area (Å²) in [7, 11) is 0. The van der Waals surface area contributed by atoms with Crippen molar-refractivity contribution in [1.29, 1.82) is 0 Å². The van der Waals surface area contributed by atoms with E-state index in [0.717, 1.165) is 6.08 Å². The Balaban J connectivity index is 0.000000312. The largest absolute Gasteiger partial charge is 0.478 e. The van der Waals surface area contributed by atoms with Crippen molar-refractivity contribution in [2.45, 2.75) is 0 Å². The third-order valence-corrected chi connectivity index (χ3v) is 1.83. The molecule has 0 aliphatic carbocycles. The van der Waals surface area contributed by atoms with Gasteiger partial charge in [-0.05, 0) is 0 Å². The Hall–Kier alpha value is -3.35. The molecule has 0 aliphatic rings. The van der Waals surface area contributed by atoms with Crippen LogP contribution in [0.25, 0.3) is 16.1 Å². The van der Waals surface area contributed by atoms with Gasteiger partial charge >= 0.3 is 22.9 Å². The van der Waals surface area contributed by atoms with Crippen LogP contribution in [0.2, 0.25) is 0 Å². The summed E-state index contributed by atoms with van der Waals surface area (Å²) in [6.45, 7) is 9.53. The number of hydrogen-bond acceptors (Lipinski definition) is 4. The lowest BCUT2D eigenvalue weighted by molar-refractivity contribution is -0.131. The number of aromatic amines is 3. The Kier molecular flexibility index (Phi) is 3.84. The van der Waals surface area contributed by atoms with Gasteiger partial charge in [0.25, 0.3) is 0 Å². The number of imidazole rings is 1. The number of rotatable bonds is 1. The van der Waals surface area contributed by atoms with Gasteiger partial charge in [0.15, 0.2) is 5.52 Å². The number of aliphatic carboxylic acids is 1. The van der Waals surface area contributed by atoms with Gasteiger partial charge in [-0.3, -0.25) is 19.7 Å². The Morgan fingerprint density at radius 2 is 1.89 bits per heavy atom. The van der Waals surface area contributed by atoms with Gasteiger partial charge in [0.1, 0.15) is 5.65 Å². The molecular formula is C9H7N5O5. The molecule has 4 N–H and O–H groups in total. The minimum absolute atomic E-state index is 0.00935. The summed E-state index contributed by atoms with van der Waals surface area (Å²) >= 11 is 0. The Morgan fingerprint density at radius 1 is 1.32 bits per heavy atom. The van der Waals surface area contributed by atoms with Crippen LogP contribution in [-0.4, -0.2) is 30.7 Å². The summed E-state index contributed by atoms with van der Waals surface area (Å²) in [5, 5.41) is 7.60. The van der Waals surface area contributed by atoms with Crippen LogP contribution in [-0.2, 0) is 4.79 Å². The molecule has 2 heterocycles. The minimum Gasteiger partial charge on any atom is -0.478 e. The van der Waals surface area contributed by atoms with E-state index in [1.807, 2.05) is 0 Å². The van der Waals surface area contributed by atoms with E-state index in [0.29, 0.717) is 4.68 Å². The summed E-state index contributed by atoms with van der Waals surface area (Å²) in [6, 6.07) is 0. The first kappa shape index (κ1) is 13.7. The molecule has 0 fully saturated rings. The van der Waals surface area contributed by atoms with Crippen LogP contribution in [0.5, 0.6) is 0 Å². The maximum absolute atomic E-state index is 11.3. The average Bonchev–Trinajstić information content (AvgIpc) is 2.71. The number of carboxylic acids is 1. The smallest absolute Gasteiger partial charge is 0.398 e. The van der Waals surface area contributed by atoms with Crippen molar-refractivity contribution in [1.82, 2.24) is 19.6 Å². The number of nitrogens with zero attached hydrogens (tertiary/aromatic N) is 2. The van der Waals surface area contributed by atoms with Crippen LogP contribution < -0.4 is 16.9 Å². The first-order valence-electron chi connectivity index (χ1n) is 4.61. The molecule has 2 rings (SSSR count). The van der Waals surface area contributed by atoms with Gasteiger partial charge in [-0.25, -0.2) is 14.4 Å². The summed E-state index contributed by atoms with van der Waals surface area (Å²) < 4.78 is 0.298. The van der Waals surface area contributed by atoms with E-state index in [2.05, 4.69) is 26.5 Å². The van der Waals surface area contributed by atoms with Crippen LogP contribution in [0, 0.1) is 6.57 Å². The van der Waals surface area contributed by atoms with Crippen LogP contribution in [0.1, 0.15) is 0 Å². The monoisotopic (exact) mass is 265 g/mol. The second-order valence-corrected chi connectivity index (χ2v) is 3.02. The molecule has 0 aliphatic heterocycles. The minimum atomic E-state index is -0.981. The van der Waals surface area contributed by atoms with E-state index in [9.17, 15) is 19.2 Å². The second kappa shape index (κ2) is 5.32. The number of fused-ring (bicyclic) bond motifs is 1. The molecule has 0 aromatic carbocycles. The van der Waals surface area contributed by atoms with E-state index in [-0.39, 0.29) is 11.2 Å². The van der Waals surface area contributed by atoms with E-state index in [1.165, 1.54) is 0 Å². The van der Waals surface area contributed by atoms with Crippen molar-refractivity contribution in [3.05, 3.63) is 55.5 Å². The Morgan fingerprint density at radius 3 is 2.37 bits per heavy atom. The molecule has 10 heteroatoms. The molecule has 0 bridgehead atoms. The first-order chi connectivity index (χ1) is 8.90. The number of H-pyrrole nitrogens is 3. The highest BCUT2D eigenvalue weighted by atomic mass is 16.4. The zero-order chi connectivity index (χ0) is 14.6. The van der Waals surface area contributed by atoms with Crippen molar-refractivity contribution in [2.75, 3.05) is 0 Å². The van der Waals surface area contributed by atoms with Gasteiger partial charge < -0.3 is 5.11 Å². The standard InChI is InChI=1S/C6H3N5O3.C3H4O2/c1-7-11-4(12)2-3(10-6(11)14)9-5(13)8-2;1-2-3(4)5/h(H,10,14)(H2,8,9,13);2H,1H2,(H,4,5). The SMILES string of the molecule is C=CC(=O)O.[C-]#[N+]n1c(=O)[nH]c2[nH]c(=O)[nH]c2c1=O. The highest BCUT2D eigenvalue weighted by Gasteiger charge is 2.12. The molecule has 0 saturated carbocycles. The second-order valence-electron chi connectivity index (χ2n) is 3.02. The maximum Gasteiger partial charge on any atom is 0.398 e. The molecule has 0 atom stereocenters. The van der Waals surface area contributed by atoms with Crippen LogP contribution in [0.4, 0.5) is 0 Å². The molecule has 19 heavy (non-hydrogen) atoms. The molecule has 0 radical (unpaired) electrons.